The molecule has 0 aromatic heterocycles. The zero-order valence-electron chi connectivity index (χ0n) is 20.2. The van der Waals surface area contributed by atoms with Crippen LogP contribution in [0.5, 0.6) is 0 Å². The van der Waals surface area contributed by atoms with Crippen LogP contribution >= 0.6 is 0 Å². The average molecular weight is 536 g/mol. The lowest BCUT2D eigenvalue weighted by Gasteiger charge is -2.08. The number of halogens is 3. The van der Waals surface area contributed by atoms with Crippen LogP contribution in [0.25, 0.3) is 0 Å². The Morgan fingerprint density at radius 3 is 1.89 bits per heavy atom. The number of carboxylic acids is 1. The molecule has 0 aromatic rings. The lowest BCUT2D eigenvalue weighted by atomic mass is 10.4. The topological polar surface area (TPSA) is 185 Å². The van der Waals surface area contributed by atoms with Crippen molar-refractivity contribution in [1.82, 2.24) is 10.6 Å². The molecule has 0 heterocycles. The molecule has 0 saturated carbocycles. The number of rotatable bonds is 19. The van der Waals surface area contributed by atoms with E-state index in [9.17, 15) is 27.6 Å². The summed E-state index contributed by atoms with van der Waals surface area (Å²) < 4.78 is 57.2. The Balaban J connectivity index is 0. The van der Waals surface area contributed by atoms with Crippen LogP contribution in [-0.2, 0) is 38.1 Å². The minimum Gasteiger partial charge on any atom is -0.475 e. The van der Waals surface area contributed by atoms with Crippen molar-refractivity contribution >= 4 is 23.9 Å². The molecule has 0 bridgehead atoms. The highest BCUT2D eigenvalue weighted by atomic mass is 19.4. The normalized spacial score (nSPS) is 10.6. The van der Waals surface area contributed by atoms with Gasteiger partial charge in [0.2, 0.25) is 5.91 Å². The van der Waals surface area contributed by atoms with Crippen molar-refractivity contribution < 1.29 is 61.1 Å². The Kier molecular flexibility index (Phi) is 23.7. The van der Waals surface area contributed by atoms with Gasteiger partial charge in [0.15, 0.2) is 0 Å². The maximum atomic E-state index is 11.6. The third-order valence-electron chi connectivity index (χ3n) is 3.51. The molecule has 0 aliphatic carbocycles. The van der Waals surface area contributed by atoms with Crippen LogP contribution in [0.2, 0.25) is 0 Å². The molecule has 13 nitrogen and oxygen atoms in total. The minimum atomic E-state index is -5.08. The summed E-state index contributed by atoms with van der Waals surface area (Å²) in [5.41, 5.74) is 5.30. The molecular weight excluding hydrogens is 499 g/mol. The molecule has 16 heteroatoms. The summed E-state index contributed by atoms with van der Waals surface area (Å²) in [4.78, 5) is 42.8. The van der Waals surface area contributed by atoms with Crippen molar-refractivity contribution in [1.29, 1.82) is 0 Å². The highest BCUT2D eigenvalue weighted by Gasteiger charge is 2.38. The van der Waals surface area contributed by atoms with Crippen molar-refractivity contribution in [3.05, 3.63) is 0 Å². The molecule has 0 fully saturated rings. The van der Waals surface area contributed by atoms with Gasteiger partial charge < -0.3 is 45.2 Å². The molecule has 0 aromatic carbocycles. The number of nitrogens with two attached hydrogens (primary N) is 1. The summed E-state index contributed by atoms with van der Waals surface area (Å²) in [5, 5.41) is 12.3. The first-order chi connectivity index (χ1) is 17.0. The summed E-state index contributed by atoms with van der Waals surface area (Å²) in [7, 11) is 0. The maximum absolute atomic E-state index is 11.6. The van der Waals surface area contributed by atoms with Gasteiger partial charge >= 0.3 is 24.2 Å². The number of alkyl halides is 3. The molecule has 0 rings (SSSR count). The molecule has 212 valence electrons. The number of nitrogens with one attached hydrogen (secondary N) is 2. The van der Waals surface area contributed by atoms with Crippen molar-refractivity contribution in [2.75, 3.05) is 72.5 Å². The Morgan fingerprint density at radius 2 is 1.36 bits per heavy atom. The van der Waals surface area contributed by atoms with E-state index in [1.165, 1.54) is 0 Å². The van der Waals surface area contributed by atoms with Crippen LogP contribution in [-0.4, -0.2) is 108 Å². The molecule has 0 unspecified atom stereocenters. The standard InChI is InChI=1S/C18H35N3O8.C2HF3O2/c1-2-28-18(24)21-8-11-26-13-15-27-14-12-25-10-5-16(22)20-7-4-17(23)29-9-3-6-19;3-2(4,5)1(6)7/h2-15,19H2,1H3,(H,20,22)(H,21,24);(H,6,7). The second-order valence-electron chi connectivity index (χ2n) is 6.50. The van der Waals surface area contributed by atoms with Crippen LogP contribution in [0, 0.1) is 0 Å². The first-order valence-corrected chi connectivity index (χ1v) is 11.1. The zero-order valence-corrected chi connectivity index (χ0v) is 20.2. The van der Waals surface area contributed by atoms with E-state index in [4.69, 9.17) is 39.3 Å². The molecule has 2 amide bonds. The van der Waals surface area contributed by atoms with E-state index in [-0.39, 0.29) is 37.9 Å². The molecular formula is C20H36F3N3O10. The fourth-order valence-corrected chi connectivity index (χ4v) is 1.85. The fraction of sp³-hybridized carbons (Fsp3) is 0.800. The van der Waals surface area contributed by atoms with Gasteiger partial charge in [-0.15, -0.1) is 0 Å². The number of esters is 1. The van der Waals surface area contributed by atoms with Crippen LogP contribution in [0.4, 0.5) is 18.0 Å². The van der Waals surface area contributed by atoms with Gasteiger partial charge in [-0.05, 0) is 19.9 Å². The lowest BCUT2D eigenvalue weighted by Crippen LogP contribution is -2.28. The molecule has 0 aliphatic heterocycles. The summed E-state index contributed by atoms with van der Waals surface area (Å²) in [6.45, 7) is 5.66. The molecule has 5 N–H and O–H groups in total. The summed E-state index contributed by atoms with van der Waals surface area (Å²) >= 11 is 0. The van der Waals surface area contributed by atoms with Crippen LogP contribution < -0.4 is 16.4 Å². The lowest BCUT2D eigenvalue weighted by molar-refractivity contribution is -0.192. The quantitative estimate of drug-likeness (QED) is 0.131. The van der Waals surface area contributed by atoms with E-state index in [1.807, 2.05) is 0 Å². The number of alkyl carbamates (subject to hydrolysis) is 1. The van der Waals surface area contributed by atoms with Crippen molar-refractivity contribution in [2.24, 2.45) is 5.73 Å². The van der Waals surface area contributed by atoms with Gasteiger partial charge in [0.05, 0.1) is 59.3 Å². The second kappa shape index (κ2) is 24.0. The molecule has 0 atom stereocenters. The number of hydrogen-bond acceptors (Lipinski definition) is 10. The monoisotopic (exact) mass is 535 g/mol. The van der Waals surface area contributed by atoms with E-state index in [0.717, 1.165) is 0 Å². The summed E-state index contributed by atoms with van der Waals surface area (Å²) in [6, 6.07) is 0. The Labute approximate surface area is 207 Å². The molecule has 0 saturated heterocycles. The van der Waals surface area contributed by atoms with Gasteiger partial charge in [0.1, 0.15) is 0 Å². The molecule has 0 aliphatic rings. The van der Waals surface area contributed by atoms with E-state index in [2.05, 4.69) is 10.6 Å². The predicted octanol–water partition coefficient (Wildman–Crippen LogP) is 0.204. The molecule has 0 radical (unpaired) electrons. The van der Waals surface area contributed by atoms with E-state index >= 15 is 0 Å². The first kappa shape index (κ1) is 35.5. The van der Waals surface area contributed by atoms with Gasteiger partial charge in [-0.25, -0.2) is 9.59 Å². The third-order valence-corrected chi connectivity index (χ3v) is 3.51. The van der Waals surface area contributed by atoms with Crippen molar-refractivity contribution in [3.63, 3.8) is 0 Å². The second-order valence-corrected chi connectivity index (χ2v) is 6.50. The van der Waals surface area contributed by atoms with Gasteiger partial charge in [-0.2, -0.15) is 13.2 Å². The highest BCUT2D eigenvalue weighted by Crippen LogP contribution is 2.13. The number of carboxylic acid groups (broad SMARTS) is 1. The molecule has 36 heavy (non-hydrogen) atoms. The first-order valence-electron chi connectivity index (χ1n) is 11.1. The van der Waals surface area contributed by atoms with Gasteiger partial charge in [-0.3, -0.25) is 9.59 Å². The SMILES string of the molecule is CCOC(=O)NCCOCCOCCOCCC(=O)NCCC(=O)OCCCN.O=C(O)C(F)(F)F. The third kappa shape index (κ3) is 27.6. The van der Waals surface area contributed by atoms with Crippen molar-refractivity contribution in [2.45, 2.75) is 32.4 Å². The summed E-state index contributed by atoms with van der Waals surface area (Å²) in [6.07, 6.45) is -4.58. The van der Waals surface area contributed by atoms with Gasteiger partial charge in [0.25, 0.3) is 0 Å². The van der Waals surface area contributed by atoms with Crippen LogP contribution in [0.3, 0.4) is 0 Å². The van der Waals surface area contributed by atoms with Crippen molar-refractivity contribution in [3.8, 4) is 0 Å². The van der Waals surface area contributed by atoms with E-state index in [0.29, 0.717) is 65.8 Å². The predicted molar refractivity (Wildman–Crippen MR) is 118 cm³/mol. The Bertz CT molecular complexity index is 610. The molecule has 0 spiro atoms. The van der Waals surface area contributed by atoms with Gasteiger partial charge in [0, 0.05) is 19.5 Å². The largest absolute Gasteiger partial charge is 0.490 e. The highest BCUT2D eigenvalue weighted by molar-refractivity contribution is 5.77. The zero-order chi connectivity index (χ0) is 27.7. The Hall–Kier alpha value is -2.69. The fourth-order valence-electron chi connectivity index (χ4n) is 1.85. The van der Waals surface area contributed by atoms with Gasteiger partial charge in [-0.1, -0.05) is 0 Å². The number of amides is 2. The van der Waals surface area contributed by atoms with Crippen LogP contribution in [0.15, 0.2) is 0 Å². The number of aliphatic carboxylic acids is 1. The number of ether oxygens (including phenoxy) is 5. The Morgan fingerprint density at radius 1 is 0.806 bits per heavy atom. The average Bonchev–Trinajstić information content (AvgIpc) is 2.80. The minimum absolute atomic E-state index is 0.131. The summed E-state index contributed by atoms with van der Waals surface area (Å²) in [5.74, 6) is -3.30. The van der Waals surface area contributed by atoms with E-state index in [1.54, 1.807) is 6.92 Å². The maximum Gasteiger partial charge on any atom is 0.490 e. The van der Waals surface area contributed by atoms with E-state index < -0.39 is 18.2 Å². The van der Waals surface area contributed by atoms with Crippen LogP contribution in [0.1, 0.15) is 26.2 Å². The number of carbonyl (C=O) groups excluding carboxylic acids is 3. The number of carbonyl (C=O) groups is 4. The smallest absolute Gasteiger partial charge is 0.475 e. The number of hydrogen-bond donors (Lipinski definition) is 4.